The predicted molar refractivity (Wildman–Crippen MR) is 235 cm³/mol. The van der Waals surface area contributed by atoms with Gasteiger partial charge in [-0.15, -0.1) is 0 Å². The van der Waals surface area contributed by atoms with Crippen LogP contribution in [-0.2, 0) is 10.8 Å². The van der Waals surface area contributed by atoms with E-state index in [1.54, 1.807) is 0 Å². The molecular formula is C50H69N2+. The fraction of sp³-hybridized carbons (Fsp3) is 0.420. The summed E-state index contributed by atoms with van der Waals surface area (Å²) in [5, 5.41) is 5.38. The second kappa shape index (κ2) is 19.1. The molecule has 1 aliphatic carbocycles. The van der Waals surface area contributed by atoms with Crippen LogP contribution >= 0.6 is 0 Å². The van der Waals surface area contributed by atoms with Crippen molar-refractivity contribution in [1.29, 1.82) is 0 Å². The number of anilines is 1. The maximum absolute atomic E-state index is 2.57. The number of fused-ring (bicyclic) bond motifs is 6. The zero-order valence-electron chi connectivity index (χ0n) is 35.2. The van der Waals surface area contributed by atoms with Crippen molar-refractivity contribution >= 4 is 38.6 Å². The van der Waals surface area contributed by atoms with E-state index in [2.05, 4.69) is 154 Å². The average molecular weight is 698 g/mol. The first-order chi connectivity index (χ1) is 25.2. The third-order valence-electron chi connectivity index (χ3n) is 10.3. The van der Waals surface area contributed by atoms with Gasteiger partial charge in [-0.25, -0.2) is 0 Å². The van der Waals surface area contributed by atoms with Crippen LogP contribution in [0.5, 0.6) is 0 Å². The Hall–Kier alpha value is -4.17. The van der Waals surface area contributed by atoms with Crippen LogP contribution in [0.25, 0.3) is 21.5 Å². The van der Waals surface area contributed by atoms with Crippen molar-refractivity contribution in [3.05, 3.63) is 131 Å². The molecule has 278 valence electrons. The number of rotatable bonds is 5. The molecular weight excluding hydrogens is 629 g/mol. The molecule has 4 aromatic rings. The van der Waals surface area contributed by atoms with Crippen molar-refractivity contribution in [3.8, 4) is 0 Å². The van der Waals surface area contributed by atoms with Crippen LogP contribution in [0.3, 0.4) is 0 Å². The topological polar surface area (TPSA) is 6.25 Å². The molecule has 0 spiro atoms. The fourth-order valence-electron chi connectivity index (χ4n) is 8.21. The van der Waals surface area contributed by atoms with Crippen molar-refractivity contribution in [2.45, 2.75) is 127 Å². The van der Waals surface area contributed by atoms with Gasteiger partial charge < -0.3 is 4.90 Å². The van der Waals surface area contributed by atoms with Crippen LogP contribution in [-0.4, -0.2) is 23.9 Å². The minimum atomic E-state index is -0.0598. The normalized spacial score (nSPS) is 18.0. The quantitative estimate of drug-likeness (QED) is 0.188. The first kappa shape index (κ1) is 42.2. The van der Waals surface area contributed by atoms with E-state index >= 15 is 0 Å². The molecule has 0 unspecified atom stereocenters. The third kappa shape index (κ3) is 8.07. The lowest BCUT2D eigenvalue weighted by Gasteiger charge is -2.27. The Bertz CT molecular complexity index is 1960. The maximum atomic E-state index is 2.57. The molecule has 0 N–H and O–H groups in total. The molecule has 2 heteroatoms. The maximum Gasteiger partial charge on any atom is 0.210 e. The van der Waals surface area contributed by atoms with Crippen LogP contribution < -0.4 is 4.90 Å². The van der Waals surface area contributed by atoms with E-state index in [9.17, 15) is 0 Å². The van der Waals surface area contributed by atoms with Crippen molar-refractivity contribution in [3.63, 3.8) is 0 Å². The van der Waals surface area contributed by atoms with Crippen LogP contribution in [0, 0.1) is 0 Å². The Labute approximate surface area is 318 Å². The number of hydrogen-bond donors (Lipinski definition) is 0. The molecule has 0 saturated heterocycles. The second-order valence-corrected chi connectivity index (χ2v) is 13.9. The molecule has 0 amide bonds. The number of benzene rings is 4. The molecule has 0 radical (unpaired) electrons. The summed E-state index contributed by atoms with van der Waals surface area (Å²) in [5.74, 6) is 0. The molecule has 0 bridgehead atoms. The van der Waals surface area contributed by atoms with Gasteiger partial charge in [-0.1, -0.05) is 149 Å². The van der Waals surface area contributed by atoms with Crippen molar-refractivity contribution < 1.29 is 4.58 Å². The Morgan fingerprint density at radius 2 is 1.23 bits per heavy atom. The van der Waals surface area contributed by atoms with Crippen molar-refractivity contribution in [2.24, 2.45) is 0 Å². The molecule has 0 saturated carbocycles. The summed E-state index contributed by atoms with van der Waals surface area (Å²) in [6.45, 7) is 28.9. The summed E-state index contributed by atoms with van der Waals surface area (Å²) in [6.07, 6.45) is 16.6. The molecule has 0 atom stereocenters. The predicted octanol–water partition coefficient (Wildman–Crippen LogP) is 14.8. The van der Waals surface area contributed by atoms with Crippen molar-refractivity contribution in [2.75, 3.05) is 18.5 Å². The van der Waals surface area contributed by atoms with E-state index in [0.717, 1.165) is 25.8 Å². The van der Waals surface area contributed by atoms with Gasteiger partial charge in [-0.2, -0.15) is 4.58 Å². The van der Waals surface area contributed by atoms with Gasteiger partial charge in [0.05, 0.1) is 5.41 Å². The summed E-state index contributed by atoms with van der Waals surface area (Å²) in [6, 6.07) is 26.9. The van der Waals surface area contributed by atoms with E-state index in [1.165, 1.54) is 73.0 Å². The molecule has 2 heterocycles. The highest BCUT2D eigenvalue weighted by molar-refractivity contribution is 6.07. The number of allylic oxidation sites excluding steroid dienone is 8. The van der Waals surface area contributed by atoms with Gasteiger partial charge in [0.25, 0.3) is 0 Å². The summed E-state index contributed by atoms with van der Waals surface area (Å²) < 4.78 is 2.40. The van der Waals surface area contributed by atoms with Gasteiger partial charge in [-0.05, 0) is 96.0 Å². The Morgan fingerprint density at radius 1 is 0.654 bits per heavy atom. The molecule has 3 aliphatic rings. The summed E-state index contributed by atoms with van der Waals surface area (Å²) in [7, 11) is 2.22. The molecule has 0 aromatic heterocycles. The van der Waals surface area contributed by atoms with Gasteiger partial charge in [-0.3, -0.25) is 0 Å². The van der Waals surface area contributed by atoms with E-state index in [-0.39, 0.29) is 10.8 Å². The van der Waals surface area contributed by atoms with Gasteiger partial charge >= 0.3 is 0 Å². The molecule has 0 fully saturated rings. The average Bonchev–Trinajstić information content (AvgIpc) is 3.53. The standard InChI is InChI=1S/C42H45N2.4C2H6/c1-7-27-44-36-24-22-32-16-9-11-18-34(32)40(36)42(4,5)38(44)26-20-30-14-12-13-29(28-30)19-25-37-41(2,3)39-33-17-10-8-15-31(33)21-23-35(39)43(37)6;4*1-2/h8-11,15-26,28H,7,12-14,27H2,1-6H3;4*1-2H3/q+1;;;;. The Morgan fingerprint density at radius 3 is 1.85 bits per heavy atom. The number of nitrogens with zero attached hydrogens (tertiary/aromatic N) is 2. The summed E-state index contributed by atoms with van der Waals surface area (Å²) in [4.78, 5) is 2.57. The Kier molecular flexibility index (Phi) is 15.5. The van der Waals surface area contributed by atoms with Crippen LogP contribution in [0.1, 0.15) is 127 Å². The monoisotopic (exact) mass is 698 g/mol. The number of hydrogen-bond acceptors (Lipinski definition) is 1. The highest BCUT2D eigenvalue weighted by Crippen LogP contribution is 2.51. The summed E-state index contributed by atoms with van der Waals surface area (Å²) in [5.41, 5.74) is 11.1. The summed E-state index contributed by atoms with van der Waals surface area (Å²) >= 11 is 0. The van der Waals surface area contributed by atoms with Gasteiger partial charge in [0.15, 0.2) is 5.71 Å². The lowest BCUT2D eigenvalue weighted by atomic mass is 9.79. The lowest BCUT2D eigenvalue weighted by molar-refractivity contribution is -0.401. The molecule has 52 heavy (non-hydrogen) atoms. The van der Waals surface area contributed by atoms with Crippen LogP contribution in [0.15, 0.2) is 120 Å². The minimum Gasteiger partial charge on any atom is -0.344 e. The first-order valence-corrected chi connectivity index (χ1v) is 20.4. The molecule has 2 nitrogen and oxygen atoms in total. The van der Waals surface area contributed by atoms with Gasteiger partial charge in [0, 0.05) is 41.1 Å². The van der Waals surface area contributed by atoms with Crippen LogP contribution in [0.2, 0.25) is 0 Å². The van der Waals surface area contributed by atoms with Crippen molar-refractivity contribution in [1.82, 2.24) is 0 Å². The largest absolute Gasteiger partial charge is 0.344 e. The van der Waals surface area contributed by atoms with Gasteiger partial charge in [0.1, 0.15) is 7.05 Å². The Balaban J connectivity index is 0.000000855. The van der Waals surface area contributed by atoms with E-state index in [1.807, 2.05) is 55.4 Å². The minimum absolute atomic E-state index is 0.0575. The highest BCUT2D eigenvalue weighted by Gasteiger charge is 2.44. The fourth-order valence-corrected chi connectivity index (χ4v) is 8.21. The highest BCUT2D eigenvalue weighted by atomic mass is 15.2. The van der Waals surface area contributed by atoms with E-state index in [0.29, 0.717) is 0 Å². The smallest absolute Gasteiger partial charge is 0.210 e. The molecule has 4 aromatic carbocycles. The SMILES string of the molecule is CC.CC.CC.CC.CCCN1/C(=C/C=C2C=C(/C=C/C3=[N+](C)c4ccc5ccccc5c4C3(C)C)CCC/2)C(C)(C)c2c1ccc1ccccc21. The molecule has 2 aliphatic heterocycles. The first-order valence-electron chi connectivity index (χ1n) is 20.4. The zero-order valence-corrected chi connectivity index (χ0v) is 35.2. The second-order valence-electron chi connectivity index (χ2n) is 13.9. The zero-order chi connectivity index (χ0) is 38.6. The van der Waals surface area contributed by atoms with E-state index in [4.69, 9.17) is 0 Å². The lowest BCUT2D eigenvalue weighted by Crippen LogP contribution is -2.27. The van der Waals surface area contributed by atoms with E-state index < -0.39 is 0 Å². The van der Waals surface area contributed by atoms with Crippen LogP contribution in [0.4, 0.5) is 11.4 Å². The van der Waals surface area contributed by atoms with Gasteiger partial charge in [0.2, 0.25) is 5.69 Å². The third-order valence-corrected chi connectivity index (χ3v) is 10.3. The molecule has 7 rings (SSSR count).